The largest absolute Gasteiger partial charge is 0.340 e. The van der Waals surface area contributed by atoms with Crippen molar-refractivity contribution in [3.63, 3.8) is 0 Å². The van der Waals surface area contributed by atoms with Crippen molar-refractivity contribution in [2.24, 2.45) is 11.8 Å². The Morgan fingerprint density at radius 2 is 1.43 bits per heavy atom. The Kier molecular flexibility index (Phi) is 5.49. The molecule has 3 saturated heterocycles. The Balaban J connectivity index is 1.40. The zero-order valence-electron chi connectivity index (χ0n) is 13.1. The van der Waals surface area contributed by atoms with Crippen LogP contribution in [0.1, 0.15) is 25.7 Å². The second-order valence-corrected chi connectivity index (χ2v) is 6.84. The molecule has 0 aromatic carbocycles. The lowest BCUT2D eigenvalue weighted by Crippen LogP contribution is -2.52. The molecular formula is C16H30N4O. The SMILES string of the molecule is O=C(C1CCNCC1)N1CCN(CC2CCNCC2)CC1. The zero-order valence-corrected chi connectivity index (χ0v) is 13.1. The van der Waals surface area contributed by atoms with Gasteiger partial charge in [-0.15, -0.1) is 0 Å². The minimum atomic E-state index is 0.280. The summed E-state index contributed by atoms with van der Waals surface area (Å²) in [4.78, 5) is 17.2. The minimum Gasteiger partial charge on any atom is -0.340 e. The van der Waals surface area contributed by atoms with E-state index >= 15 is 0 Å². The predicted octanol–water partition coefficient (Wildman–Crippen LogP) is 0.130. The number of hydrogen-bond donors (Lipinski definition) is 2. The molecule has 0 aromatic rings. The lowest BCUT2D eigenvalue weighted by atomic mass is 9.95. The van der Waals surface area contributed by atoms with Crippen molar-refractivity contribution >= 4 is 5.91 Å². The zero-order chi connectivity index (χ0) is 14.5. The van der Waals surface area contributed by atoms with Gasteiger partial charge >= 0.3 is 0 Å². The molecule has 0 aliphatic carbocycles. The predicted molar refractivity (Wildman–Crippen MR) is 84.2 cm³/mol. The van der Waals surface area contributed by atoms with E-state index < -0.39 is 0 Å². The van der Waals surface area contributed by atoms with E-state index in [0.717, 1.165) is 58.0 Å². The van der Waals surface area contributed by atoms with Crippen LogP contribution in [0.4, 0.5) is 0 Å². The monoisotopic (exact) mass is 294 g/mol. The van der Waals surface area contributed by atoms with E-state index in [9.17, 15) is 4.79 Å². The van der Waals surface area contributed by atoms with Crippen molar-refractivity contribution in [3.05, 3.63) is 0 Å². The Hall–Kier alpha value is -0.650. The van der Waals surface area contributed by atoms with Gasteiger partial charge in [-0.25, -0.2) is 0 Å². The van der Waals surface area contributed by atoms with Gasteiger partial charge in [-0.1, -0.05) is 0 Å². The van der Waals surface area contributed by atoms with Gasteiger partial charge in [0.25, 0.3) is 0 Å². The minimum absolute atomic E-state index is 0.280. The third-order valence-electron chi connectivity index (χ3n) is 5.35. The van der Waals surface area contributed by atoms with Crippen LogP contribution >= 0.6 is 0 Å². The summed E-state index contributed by atoms with van der Waals surface area (Å²) >= 11 is 0. The fourth-order valence-electron chi connectivity index (χ4n) is 3.91. The molecule has 3 heterocycles. The van der Waals surface area contributed by atoms with Crippen molar-refractivity contribution < 1.29 is 4.79 Å². The van der Waals surface area contributed by atoms with Crippen molar-refractivity contribution in [3.8, 4) is 0 Å². The highest BCUT2D eigenvalue weighted by Crippen LogP contribution is 2.18. The Bertz CT molecular complexity index is 329. The van der Waals surface area contributed by atoms with Crippen LogP contribution in [0.15, 0.2) is 0 Å². The average Bonchev–Trinajstić information content (AvgIpc) is 2.57. The Labute approximate surface area is 128 Å². The standard InChI is InChI=1S/C16H30N4O/c21-16(15-3-7-18-8-4-15)20-11-9-19(10-12-20)13-14-1-5-17-6-2-14/h14-15,17-18H,1-13H2. The van der Waals surface area contributed by atoms with Crippen molar-refractivity contribution in [1.29, 1.82) is 0 Å². The summed E-state index contributed by atoms with van der Waals surface area (Å²) in [7, 11) is 0. The van der Waals surface area contributed by atoms with Crippen LogP contribution in [0.2, 0.25) is 0 Å². The first-order chi connectivity index (χ1) is 10.3. The van der Waals surface area contributed by atoms with Gasteiger partial charge in [-0.05, 0) is 57.8 Å². The number of amides is 1. The van der Waals surface area contributed by atoms with Gasteiger partial charge in [0.15, 0.2) is 0 Å². The molecule has 0 unspecified atom stereocenters. The summed E-state index contributed by atoms with van der Waals surface area (Å²) in [5.74, 6) is 1.55. The van der Waals surface area contributed by atoms with Crippen LogP contribution in [-0.2, 0) is 4.79 Å². The first-order valence-electron chi connectivity index (χ1n) is 8.75. The molecule has 0 atom stereocenters. The van der Waals surface area contributed by atoms with Crippen LogP contribution in [0.5, 0.6) is 0 Å². The maximum Gasteiger partial charge on any atom is 0.225 e. The van der Waals surface area contributed by atoms with E-state index in [0.29, 0.717) is 5.91 Å². The molecule has 1 amide bonds. The molecule has 3 aliphatic heterocycles. The lowest BCUT2D eigenvalue weighted by molar-refractivity contribution is -0.138. The van der Waals surface area contributed by atoms with Crippen LogP contribution < -0.4 is 10.6 Å². The average molecular weight is 294 g/mol. The second-order valence-electron chi connectivity index (χ2n) is 6.84. The highest BCUT2D eigenvalue weighted by molar-refractivity contribution is 5.79. The fraction of sp³-hybridized carbons (Fsp3) is 0.938. The summed E-state index contributed by atoms with van der Waals surface area (Å²) in [6.45, 7) is 9.62. The molecule has 2 N–H and O–H groups in total. The molecule has 3 rings (SSSR count). The second kappa shape index (κ2) is 7.56. The maximum absolute atomic E-state index is 12.5. The fourth-order valence-corrected chi connectivity index (χ4v) is 3.91. The molecule has 21 heavy (non-hydrogen) atoms. The lowest BCUT2D eigenvalue weighted by Gasteiger charge is -2.39. The molecule has 0 aromatic heterocycles. The van der Waals surface area contributed by atoms with E-state index in [-0.39, 0.29) is 5.92 Å². The number of hydrogen-bond acceptors (Lipinski definition) is 4. The van der Waals surface area contributed by atoms with E-state index in [1.807, 2.05) is 0 Å². The first kappa shape index (κ1) is 15.3. The normalized spacial score (nSPS) is 27.0. The molecule has 0 bridgehead atoms. The van der Waals surface area contributed by atoms with E-state index in [2.05, 4.69) is 20.4 Å². The molecule has 0 spiro atoms. The number of piperidine rings is 2. The third kappa shape index (κ3) is 4.18. The maximum atomic E-state index is 12.5. The molecule has 0 radical (unpaired) electrons. The topological polar surface area (TPSA) is 47.6 Å². The molecule has 120 valence electrons. The van der Waals surface area contributed by atoms with E-state index in [1.165, 1.54) is 32.5 Å². The van der Waals surface area contributed by atoms with Gasteiger partial charge in [-0.2, -0.15) is 0 Å². The van der Waals surface area contributed by atoms with Crippen LogP contribution in [0, 0.1) is 11.8 Å². The van der Waals surface area contributed by atoms with Gasteiger partial charge in [-0.3, -0.25) is 9.69 Å². The summed E-state index contributed by atoms with van der Waals surface area (Å²) in [5, 5.41) is 6.77. The summed E-state index contributed by atoms with van der Waals surface area (Å²) < 4.78 is 0. The van der Waals surface area contributed by atoms with Crippen LogP contribution in [-0.4, -0.2) is 74.6 Å². The van der Waals surface area contributed by atoms with Gasteiger partial charge < -0.3 is 15.5 Å². The highest BCUT2D eigenvalue weighted by atomic mass is 16.2. The number of carbonyl (C=O) groups is 1. The first-order valence-corrected chi connectivity index (χ1v) is 8.75. The van der Waals surface area contributed by atoms with Gasteiger partial charge in [0.2, 0.25) is 5.91 Å². The van der Waals surface area contributed by atoms with E-state index in [1.54, 1.807) is 0 Å². The number of rotatable bonds is 3. The molecule has 3 fully saturated rings. The number of nitrogens with zero attached hydrogens (tertiary/aromatic N) is 2. The summed E-state index contributed by atoms with van der Waals surface area (Å²) in [6.07, 6.45) is 4.67. The van der Waals surface area contributed by atoms with Crippen LogP contribution in [0.25, 0.3) is 0 Å². The van der Waals surface area contributed by atoms with Crippen molar-refractivity contribution in [1.82, 2.24) is 20.4 Å². The van der Waals surface area contributed by atoms with Crippen LogP contribution in [0.3, 0.4) is 0 Å². The highest BCUT2D eigenvalue weighted by Gasteiger charge is 2.29. The van der Waals surface area contributed by atoms with Crippen molar-refractivity contribution in [2.45, 2.75) is 25.7 Å². The summed E-state index contributed by atoms with van der Waals surface area (Å²) in [5.41, 5.74) is 0. The Morgan fingerprint density at radius 3 is 2.05 bits per heavy atom. The van der Waals surface area contributed by atoms with Gasteiger partial charge in [0, 0.05) is 38.6 Å². The molecule has 3 aliphatic rings. The summed E-state index contributed by atoms with van der Waals surface area (Å²) in [6, 6.07) is 0. The smallest absolute Gasteiger partial charge is 0.225 e. The van der Waals surface area contributed by atoms with Crippen molar-refractivity contribution in [2.75, 3.05) is 58.9 Å². The molecule has 5 heteroatoms. The number of carbonyl (C=O) groups excluding carboxylic acids is 1. The van der Waals surface area contributed by atoms with E-state index in [4.69, 9.17) is 0 Å². The molecule has 5 nitrogen and oxygen atoms in total. The number of nitrogens with one attached hydrogen (secondary N) is 2. The quantitative estimate of drug-likeness (QED) is 0.777. The number of piperazine rings is 1. The van der Waals surface area contributed by atoms with Gasteiger partial charge in [0.05, 0.1) is 0 Å². The third-order valence-corrected chi connectivity index (χ3v) is 5.35. The Morgan fingerprint density at radius 1 is 0.857 bits per heavy atom. The van der Waals surface area contributed by atoms with Gasteiger partial charge in [0.1, 0.15) is 0 Å². The molecule has 0 saturated carbocycles. The molecular weight excluding hydrogens is 264 g/mol.